The van der Waals surface area contributed by atoms with Gasteiger partial charge < -0.3 is 5.32 Å². The number of aryl methyl sites for hydroxylation is 1. The van der Waals surface area contributed by atoms with E-state index in [9.17, 15) is 0 Å². The molecule has 0 aliphatic rings. The highest BCUT2D eigenvalue weighted by atomic mass is 14.9. The molecule has 0 bridgehead atoms. The molecule has 1 atom stereocenters. The Bertz CT molecular complexity index is 305. The summed E-state index contributed by atoms with van der Waals surface area (Å²) < 4.78 is 0. The third-order valence-corrected chi connectivity index (χ3v) is 2.14. The Morgan fingerprint density at radius 2 is 2.31 bits per heavy atom. The van der Waals surface area contributed by atoms with Gasteiger partial charge in [-0.05, 0) is 32.5 Å². The molecule has 0 amide bonds. The van der Waals surface area contributed by atoms with Crippen molar-refractivity contribution in [3.05, 3.63) is 41.7 Å². The summed E-state index contributed by atoms with van der Waals surface area (Å²) in [5, 5.41) is 3.22. The monoisotopic (exact) mass is 176 g/mol. The number of pyridine rings is 1. The number of aromatic nitrogens is 1. The second-order valence-corrected chi connectivity index (χ2v) is 3.25. The summed E-state index contributed by atoms with van der Waals surface area (Å²) in [5.41, 5.74) is 3.38. The topological polar surface area (TPSA) is 24.9 Å². The van der Waals surface area contributed by atoms with Crippen molar-refractivity contribution in [3.63, 3.8) is 0 Å². The van der Waals surface area contributed by atoms with Crippen LogP contribution in [0.2, 0.25) is 0 Å². The summed E-state index contributed by atoms with van der Waals surface area (Å²) in [7, 11) is 1.94. The van der Waals surface area contributed by atoms with E-state index in [1.807, 2.05) is 33.2 Å². The highest BCUT2D eigenvalue weighted by Gasteiger charge is 2.11. The minimum atomic E-state index is 0.216. The van der Waals surface area contributed by atoms with Crippen LogP contribution in [0.4, 0.5) is 0 Å². The van der Waals surface area contributed by atoms with E-state index in [1.54, 1.807) is 0 Å². The number of hydrogen-bond donors (Lipinski definition) is 1. The molecule has 1 heterocycles. The van der Waals surface area contributed by atoms with Crippen LogP contribution in [0.3, 0.4) is 0 Å². The lowest BCUT2D eigenvalue weighted by Gasteiger charge is -2.17. The third-order valence-electron chi connectivity index (χ3n) is 2.14. The number of nitrogens with zero attached hydrogens (tertiary/aromatic N) is 1. The average Bonchev–Trinajstić information content (AvgIpc) is 2.09. The first-order valence-electron chi connectivity index (χ1n) is 4.41. The average molecular weight is 176 g/mol. The van der Waals surface area contributed by atoms with Gasteiger partial charge in [0.05, 0.1) is 6.04 Å². The lowest BCUT2D eigenvalue weighted by molar-refractivity contribution is 0.671. The van der Waals surface area contributed by atoms with Gasteiger partial charge in [-0.3, -0.25) is 4.98 Å². The van der Waals surface area contributed by atoms with Crippen molar-refractivity contribution in [1.82, 2.24) is 10.3 Å². The van der Waals surface area contributed by atoms with E-state index in [0.717, 1.165) is 11.3 Å². The Morgan fingerprint density at radius 3 is 2.77 bits per heavy atom. The normalized spacial score (nSPS) is 12.5. The van der Waals surface area contributed by atoms with Crippen molar-refractivity contribution < 1.29 is 0 Å². The Labute approximate surface area is 79.7 Å². The van der Waals surface area contributed by atoms with Gasteiger partial charge in [0.15, 0.2) is 0 Å². The van der Waals surface area contributed by atoms with Gasteiger partial charge in [-0.1, -0.05) is 18.2 Å². The Kier molecular flexibility index (Phi) is 3.20. The number of nitrogens with one attached hydrogen (secondary N) is 1. The van der Waals surface area contributed by atoms with Crippen LogP contribution in [0, 0.1) is 6.92 Å². The quantitative estimate of drug-likeness (QED) is 0.714. The van der Waals surface area contributed by atoms with Gasteiger partial charge in [0.1, 0.15) is 0 Å². The van der Waals surface area contributed by atoms with Gasteiger partial charge in [-0.25, -0.2) is 0 Å². The molecule has 0 spiro atoms. The van der Waals surface area contributed by atoms with E-state index >= 15 is 0 Å². The summed E-state index contributed by atoms with van der Waals surface area (Å²) in [6.07, 6.45) is 1.81. The molecule has 70 valence electrons. The molecule has 0 aliphatic heterocycles. The zero-order valence-electron chi connectivity index (χ0n) is 8.46. The van der Waals surface area contributed by atoms with Crippen molar-refractivity contribution >= 4 is 0 Å². The summed E-state index contributed by atoms with van der Waals surface area (Å²) in [5.74, 6) is 0. The van der Waals surface area contributed by atoms with Crippen molar-refractivity contribution in [2.75, 3.05) is 7.05 Å². The standard InChI is InChI=1S/C11H16N2/c1-8(2)11(12-4)10-6-5-7-13-9(10)3/h5-7,11-12H,1H2,2-4H3. The van der Waals surface area contributed by atoms with Crippen LogP contribution >= 0.6 is 0 Å². The number of likely N-dealkylation sites (N-methyl/N-ethyl adjacent to an activating group) is 1. The molecule has 0 aromatic carbocycles. The van der Waals surface area contributed by atoms with E-state index in [4.69, 9.17) is 0 Å². The van der Waals surface area contributed by atoms with E-state index in [0.29, 0.717) is 0 Å². The van der Waals surface area contributed by atoms with Crippen molar-refractivity contribution in [1.29, 1.82) is 0 Å². The van der Waals surface area contributed by atoms with Crippen molar-refractivity contribution in [2.24, 2.45) is 0 Å². The smallest absolute Gasteiger partial charge is 0.0546 e. The van der Waals surface area contributed by atoms with Crippen LogP contribution in [-0.2, 0) is 0 Å². The van der Waals surface area contributed by atoms with Crippen LogP contribution in [0.5, 0.6) is 0 Å². The lowest BCUT2D eigenvalue weighted by atomic mass is 10.0. The summed E-state index contributed by atoms with van der Waals surface area (Å²) in [6, 6.07) is 4.25. The summed E-state index contributed by atoms with van der Waals surface area (Å²) >= 11 is 0. The van der Waals surface area contributed by atoms with Gasteiger partial charge in [0.25, 0.3) is 0 Å². The minimum Gasteiger partial charge on any atom is -0.310 e. The molecule has 1 aromatic rings. The molecule has 0 saturated carbocycles. The first-order chi connectivity index (χ1) is 6.16. The second-order valence-electron chi connectivity index (χ2n) is 3.25. The first kappa shape index (κ1) is 9.93. The van der Waals surface area contributed by atoms with Gasteiger partial charge in [0, 0.05) is 11.9 Å². The highest BCUT2D eigenvalue weighted by Crippen LogP contribution is 2.20. The molecular formula is C11H16N2. The van der Waals surface area contributed by atoms with Crippen molar-refractivity contribution in [3.8, 4) is 0 Å². The Morgan fingerprint density at radius 1 is 1.62 bits per heavy atom. The molecule has 1 unspecified atom stereocenters. The van der Waals surface area contributed by atoms with Crippen LogP contribution in [0.25, 0.3) is 0 Å². The molecule has 0 radical (unpaired) electrons. The molecule has 0 aliphatic carbocycles. The van der Waals surface area contributed by atoms with Gasteiger partial charge >= 0.3 is 0 Å². The molecule has 1 aromatic heterocycles. The minimum absolute atomic E-state index is 0.216. The SMILES string of the molecule is C=C(C)C(NC)c1cccnc1C. The maximum Gasteiger partial charge on any atom is 0.0546 e. The third kappa shape index (κ3) is 2.16. The van der Waals surface area contributed by atoms with E-state index in [-0.39, 0.29) is 6.04 Å². The molecule has 1 N–H and O–H groups in total. The highest BCUT2D eigenvalue weighted by molar-refractivity contribution is 5.28. The molecule has 2 heteroatoms. The van der Waals surface area contributed by atoms with E-state index in [2.05, 4.69) is 22.9 Å². The molecular weight excluding hydrogens is 160 g/mol. The van der Waals surface area contributed by atoms with Crippen molar-refractivity contribution in [2.45, 2.75) is 19.9 Å². The molecule has 1 rings (SSSR count). The fourth-order valence-electron chi connectivity index (χ4n) is 1.47. The molecule has 2 nitrogen and oxygen atoms in total. The number of rotatable bonds is 3. The predicted molar refractivity (Wildman–Crippen MR) is 55.6 cm³/mol. The van der Waals surface area contributed by atoms with Crippen LogP contribution in [-0.4, -0.2) is 12.0 Å². The molecule has 0 saturated heterocycles. The van der Waals surface area contributed by atoms with Crippen LogP contribution in [0.1, 0.15) is 24.2 Å². The van der Waals surface area contributed by atoms with Crippen LogP contribution in [0.15, 0.2) is 30.5 Å². The second kappa shape index (κ2) is 4.19. The fraction of sp³-hybridized carbons (Fsp3) is 0.364. The Hall–Kier alpha value is -1.15. The van der Waals surface area contributed by atoms with Crippen LogP contribution < -0.4 is 5.32 Å². The van der Waals surface area contributed by atoms with E-state index < -0.39 is 0 Å². The summed E-state index contributed by atoms with van der Waals surface area (Å²) in [4.78, 5) is 4.25. The molecule has 0 fully saturated rings. The predicted octanol–water partition coefficient (Wildman–Crippen LogP) is 2.23. The largest absolute Gasteiger partial charge is 0.310 e. The van der Waals surface area contributed by atoms with Gasteiger partial charge in [0.2, 0.25) is 0 Å². The zero-order chi connectivity index (χ0) is 9.84. The zero-order valence-corrected chi connectivity index (χ0v) is 8.46. The number of hydrogen-bond acceptors (Lipinski definition) is 2. The Balaban J connectivity index is 3.04. The van der Waals surface area contributed by atoms with Gasteiger partial charge in [-0.2, -0.15) is 0 Å². The lowest BCUT2D eigenvalue weighted by Crippen LogP contribution is -2.18. The fourth-order valence-corrected chi connectivity index (χ4v) is 1.47. The summed E-state index contributed by atoms with van der Waals surface area (Å²) in [6.45, 7) is 7.99. The maximum atomic E-state index is 4.25. The maximum absolute atomic E-state index is 4.25. The van der Waals surface area contributed by atoms with Gasteiger partial charge in [-0.15, -0.1) is 0 Å². The first-order valence-corrected chi connectivity index (χ1v) is 4.41. The molecule has 13 heavy (non-hydrogen) atoms. The van der Waals surface area contributed by atoms with E-state index in [1.165, 1.54) is 5.56 Å².